The number of aromatic nitrogens is 2. The number of hydrogen-bond acceptors (Lipinski definition) is 4. The summed E-state index contributed by atoms with van der Waals surface area (Å²) in [6.07, 6.45) is 1.59. The van der Waals surface area contributed by atoms with Gasteiger partial charge in [-0.3, -0.25) is 4.79 Å². The van der Waals surface area contributed by atoms with Crippen molar-refractivity contribution in [1.82, 2.24) is 9.97 Å². The monoisotopic (exact) mass is 262 g/mol. The lowest BCUT2D eigenvalue weighted by Crippen LogP contribution is -2.16. The van der Waals surface area contributed by atoms with E-state index in [1.165, 1.54) is 12.1 Å². The number of amides is 1. The van der Waals surface area contributed by atoms with Gasteiger partial charge in [-0.25, -0.2) is 9.97 Å². The first kappa shape index (κ1) is 12.3. The van der Waals surface area contributed by atoms with Crippen LogP contribution in [0.1, 0.15) is 16.1 Å². The smallest absolute Gasteiger partial charge is 0.277 e. The van der Waals surface area contributed by atoms with Crippen LogP contribution in [0.3, 0.4) is 0 Å². The highest BCUT2D eigenvalue weighted by atomic mass is 35.5. The van der Waals surface area contributed by atoms with Crippen molar-refractivity contribution < 1.29 is 4.79 Å². The van der Waals surface area contributed by atoms with E-state index in [0.29, 0.717) is 5.82 Å². The molecule has 0 aliphatic carbocycles. The van der Waals surface area contributed by atoms with Gasteiger partial charge in [0.05, 0.1) is 5.02 Å². The topological polar surface area (TPSA) is 80.9 Å². The first-order chi connectivity index (χ1) is 8.58. The van der Waals surface area contributed by atoms with Crippen molar-refractivity contribution in [2.24, 2.45) is 0 Å². The molecule has 2 aromatic heterocycles. The molecule has 2 rings (SSSR count). The minimum absolute atomic E-state index is 0.0849. The van der Waals surface area contributed by atoms with Crippen LogP contribution in [0.15, 0.2) is 30.5 Å². The summed E-state index contributed by atoms with van der Waals surface area (Å²) >= 11 is 5.90. The summed E-state index contributed by atoms with van der Waals surface area (Å²) in [5.41, 5.74) is 6.46. The van der Waals surface area contributed by atoms with Crippen molar-refractivity contribution >= 4 is 29.1 Å². The molecular formula is C12H11ClN4O. The van der Waals surface area contributed by atoms with Crippen molar-refractivity contribution in [3.63, 3.8) is 0 Å². The Morgan fingerprint density at radius 1 is 1.39 bits per heavy atom. The summed E-state index contributed by atoms with van der Waals surface area (Å²) in [5.74, 6) is 0.277. The van der Waals surface area contributed by atoms with Crippen LogP contribution >= 0.6 is 11.6 Å². The predicted octanol–water partition coefficient (Wildman–Crippen LogP) is 2.27. The number of carbonyl (C=O) groups excluding carboxylic acids is 1. The second-order valence-electron chi connectivity index (χ2n) is 3.69. The number of pyridine rings is 2. The van der Waals surface area contributed by atoms with Gasteiger partial charge in [-0.05, 0) is 30.7 Å². The SMILES string of the molecule is Cc1cccnc1NC(=O)c1nc(N)ccc1Cl. The molecule has 3 N–H and O–H groups in total. The third-order valence-electron chi connectivity index (χ3n) is 2.32. The molecule has 0 unspecified atom stereocenters. The zero-order valence-electron chi connectivity index (χ0n) is 9.64. The first-order valence-electron chi connectivity index (χ1n) is 5.23. The van der Waals surface area contributed by atoms with Crippen molar-refractivity contribution in [3.8, 4) is 0 Å². The summed E-state index contributed by atoms with van der Waals surface area (Å²) in [5, 5.41) is 2.89. The lowest BCUT2D eigenvalue weighted by atomic mass is 10.2. The fourth-order valence-corrected chi connectivity index (χ4v) is 1.59. The van der Waals surface area contributed by atoms with Gasteiger partial charge in [0, 0.05) is 6.20 Å². The normalized spacial score (nSPS) is 10.1. The maximum atomic E-state index is 12.0. The lowest BCUT2D eigenvalue weighted by molar-refractivity contribution is 0.102. The molecule has 5 nitrogen and oxygen atoms in total. The molecule has 0 aromatic carbocycles. The average molecular weight is 263 g/mol. The highest BCUT2D eigenvalue weighted by Crippen LogP contribution is 2.17. The Bertz CT molecular complexity index is 600. The summed E-state index contributed by atoms with van der Waals surface area (Å²) < 4.78 is 0. The van der Waals surface area contributed by atoms with Crippen LogP contribution < -0.4 is 11.1 Å². The van der Waals surface area contributed by atoms with Crippen LogP contribution in [0.2, 0.25) is 5.02 Å². The number of nitrogens with two attached hydrogens (primary N) is 1. The molecule has 0 saturated carbocycles. The highest BCUT2D eigenvalue weighted by Gasteiger charge is 2.14. The lowest BCUT2D eigenvalue weighted by Gasteiger charge is -2.07. The highest BCUT2D eigenvalue weighted by molar-refractivity contribution is 6.34. The second kappa shape index (κ2) is 5.01. The van der Waals surface area contributed by atoms with Gasteiger partial charge >= 0.3 is 0 Å². The summed E-state index contributed by atoms with van der Waals surface area (Å²) in [6.45, 7) is 1.84. The predicted molar refractivity (Wildman–Crippen MR) is 70.6 cm³/mol. The Balaban J connectivity index is 2.28. The van der Waals surface area contributed by atoms with Crippen molar-refractivity contribution in [2.75, 3.05) is 11.1 Å². The van der Waals surface area contributed by atoms with Gasteiger partial charge in [-0.1, -0.05) is 17.7 Å². The van der Waals surface area contributed by atoms with E-state index in [4.69, 9.17) is 17.3 Å². The third-order valence-corrected chi connectivity index (χ3v) is 2.63. The fraction of sp³-hybridized carbons (Fsp3) is 0.0833. The second-order valence-corrected chi connectivity index (χ2v) is 4.10. The Labute approximate surface area is 109 Å². The van der Waals surface area contributed by atoms with E-state index < -0.39 is 5.91 Å². The molecule has 18 heavy (non-hydrogen) atoms. The molecule has 0 fully saturated rings. The number of carbonyl (C=O) groups is 1. The molecule has 2 heterocycles. The maximum absolute atomic E-state index is 12.0. The summed E-state index contributed by atoms with van der Waals surface area (Å²) in [6, 6.07) is 6.70. The zero-order valence-corrected chi connectivity index (χ0v) is 10.4. The Kier molecular flexibility index (Phi) is 3.43. The fourth-order valence-electron chi connectivity index (χ4n) is 1.40. The number of nitrogen functional groups attached to an aromatic ring is 1. The zero-order chi connectivity index (χ0) is 13.1. The van der Waals surface area contributed by atoms with Crippen LogP contribution in [0.4, 0.5) is 11.6 Å². The summed E-state index contributed by atoms with van der Waals surface area (Å²) in [7, 11) is 0. The average Bonchev–Trinajstić information content (AvgIpc) is 2.35. The van der Waals surface area contributed by atoms with E-state index >= 15 is 0 Å². The standard InChI is InChI=1S/C12H11ClN4O/c1-7-3-2-6-15-11(7)17-12(18)10-8(13)4-5-9(14)16-10/h2-6H,1H3,(H2,14,16)(H,15,17,18). The van der Waals surface area contributed by atoms with Crippen LogP contribution in [-0.4, -0.2) is 15.9 Å². The number of nitrogens with zero attached hydrogens (tertiary/aromatic N) is 2. The molecule has 1 amide bonds. The van der Waals surface area contributed by atoms with Gasteiger partial charge in [0.2, 0.25) is 0 Å². The van der Waals surface area contributed by atoms with E-state index in [1.807, 2.05) is 13.0 Å². The van der Waals surface area contributed by atoms with Crippen LogP contribution in [0.5, 0.6) is 0 Å². The molecule has 0 saturated heterocycles. The van der Waals surface area contributed by atoms with Crippen LogP contribution in [0, 0.1) is 6.92 Å². The number of hydrogen-bond donors (Lipinski definition) is 2. The maximum Gasteiger partial charge on any atom is 0.277 e. The van der Waals surface area contributed by atoms with Crippen molar-refractivity contribution in [3.05, 3.63) is 46.7 Å². The third kappa shape index (κ3) is 2.57. The largest absolute Gasteiger partial charge is 0.384 e. The molecular weight excluding hydrogens is 252 g/mol. The van der Waals surface area contributed by atoms with E-state index in [0.717, 1.165) is 5.56 Å². The number of aryl methyl sites for hydroxylation is 1. The summed E-state index contributed by atoms with van der Waals surface area (Å²) in [4.78, 5) is 20.0. The first-order valence-corrected chi connectivity index (χ1v) is 5.60. The quantitative estimate of drug-likeness (QED) is 0.870. The molecule has 0 radical (unpaired) electrons. The molecule has 0 aliphatic heterocycles. The van der Waals surface area contributed by atoms with Crippen molar-refractivity contribution in [2.45, 2.75) is 6.92 Å². The van der Waals surface area contributed by atoms with Crippen molar-refractivity contribution in [1.29, 1.82) is 0 Å². The molecule has 0 atom stereocenters. The number of halogens is 1. The molecule has 6 heteroatoms. The van der Waals surface area contributed by atoms with Gasteiger partial charge in [-0.2, -0.15) is 0 Å². The van der Waals surface area contributed by atoms with E-state index in [2.05, 4.69) is 15.3 Å². The Morgan fingerprint density at radius 2 is 2.17 bits per heavy atom. The molecule has 2 aromatic rings. The Hall–Kier alpha value is -2.14. The van der Waals surface area contributed by atoms with E-state index in [9.17, 15) is 4.79 Å². The number of nitrogens with one attached hydrogen (secondary N) is 1. The molecule has 0 aliphatic rings. The molecule has 92 valence electrons. The number of rotatable bonds is 2. The van der Waals surface area contributed by atoms with E-state index in [1.54, 1.807) is 12.3 Å². The van der Waals surface area contributed by atoms with Gasteiger partial charge in [-0.15, -0.1) is 0 Å². The minimum atomic E-state index is -0.436. The van der Waals surface area contributed by atoms with Gasteiger partial charge in [0.25, 0.3) is 5.91 Å². The molecule has 0 bridgehead atoms. The van der Waals surface area contributed by atoms with Gasteiger partial charge < -0.3 is 11.1 Å². The van der Waals surface area contributed by atoms with E-state index in [-0.39, 0.29) is 16.5 Å². The number of anilines is 2. The molecule has 0 spiro atoms. The minimum Gasteiger partial charge on any atom is -0.384 e. The van der Waals surface area contributed by atoms with Crippen LogP contribution in [-0.2, 0) is 0 Å². The van der Waals surface area contributed by atoms with Gasteiger partial charge in [0.15, 0.2) is 0 Å². The van der Waals surface area contributed by atoms with Gasteiger partial charge in [0.1, 0.15) is 17.3 Å². The van der Waals surface area contributed by atoms with Crippen LogP contribution in [0.25, 0.3) is 0 Å². The Morgan fingerprint density at radius 3 is 2.89 bits per heavy atom.